The van der Waals surface area contributed by atoms with E-state index in [0.29, 0.717) is 12.9 Å². The molecule has 3 rings (SSSR count). The topological polar surface area (TPSA) is 39.3 Å². The van der Waals surface area contributed by atoms with Crippen LogP contribution in [-0.2, 0) is 9.53 Å². The Morgan fingerprint density at radius 3 is 1.95 bits per heavy atom. The number of allylic oxidation sites excluding steroid dienone is 1. The Morgan fingerprint density at radius 1 is 1.00 bits per heavy atom. The van der Waals surface area contributed by atoms with Gasteiger partial charge >= 0.3 is 5.97 Å². The Bertz CT molecular complexity index is 406. The normalized spacial score (nSPS) is 25.8. The second kappa shape index (κ2) is 6.34. The molecule has 3 fully saturated rings. The number of carbonyl (C=O) groups is 1. The molecule has 0 spiro atoms. The molecule has 6 nitrogen and oxygen atoms in total. The summed E-state index contributed by atoms with van der Waals surface area (Å²) in [4.78, 5) is 21.6. The Hall–Kier alpha value is -1.11. The standard InChI is InChI=1S/C15H26N4O2/c1-3-21-14(20)12-13(2)16-4-6-17-8-10-19-11-9-18(7-5-16)15(17)19/h12,15H,3-11H2,1-2H3. The van der Waals surface area contributed by atoms with Gasteiger partial charge < -0.3 is 9.64 Å². The molecule has 3 aliphatic rings. The highest BCUT2D eigenvalue weighted by atomic mass is 16.5. The predicted octanol–water partition coefficient (Wildman–Crippen LogP) is -0.0143. The molecule has 0 aliphatic carbocycles. The van der Waals surface area contributed by atoms with E-state index in [1.54, 1.807) is 6.08 Å². The molecule has 0 saturated carbocycles. The molecule has 0 aromatic heterocycles. The molecule has 0 amide bonds. The van der Waals surface area contributed by atoms with Gasteiger partial charge in [-0.2, -0.15) is 0 Å². The van der Waals surface area contributed by atoms with Crippen molar-refractivity contribution in [1.82, 2.24) is 19.6 Å². The first-order valence-electron chi connectivity index (χ1n) is 8.01. The molecule has 0 radical (unpaired) electrons. The lowest BCUT2D eigenvalue weighted by Crippen LogP contribution is -2.52. The molecule has 6 heteroatoms. The maximum absolute atomic E-state index is 11.6. The van der Waals surface area contributed by atoms with E-state index < -0.39 is 0 Å². The van der Waals surface area contributed by atoms with Crippen molar-refractivity contribution in [3.8, 4) is 0 Å². The van der Waals surface area contributed by atoms with Gasteiger partial charge in [0.2, 0.25) is 0 Å². The van der Waals surface area contributed by atoms with Crippen LogP contribution >= 0.6 is 0 Å². The van der Waals surface area contributed by atoms with Gasteiger partial charge in [0.1, 0.15) is 6.29 Å². The summed E-state index contributed by atoms with van der Waals surface area (Å²) in [5.41, 5.74) is 1.02. The van der Waals surface area contributed by atoms with E-state index in [2.05, 4.69) is 19.6 Å². The van der Waals surface area contributed by atoms with E-state index in [0.717, 1.165) is 45.0 Å². The summed E-state index contributed by atoms with van der Waals surface area (Å²) in [7, 11) is 0. The van der Waals surface area contributed by atoms with Gasteiger partial charge in [-0.25, -0.2) is 4.79 Å². The molecule has 0 N–H and O–H groups in total. The third kappa shape index (κ3) is 3.07. The van der Waals surface area contributed by atoms with Gasteiger partial charge in [-0.15, -0.1) is 0 Å². The summed E-state index contributed by atoms with van der Waals surface area (Å²) in [6, 6.07) is 0. The first kappa shape index (κ1) is 14.8. The molecule has 0 aromatic carbocycles. The number of hydrogen-bond donors (Lipinski definition) is 0. The summed E-state index contributed by atoms with van der Waals surface area (Å²) in [6.07, 6.45) is 2.16. The highest BCUT2D eigenvalue weighted by Gasteiger charge is 2.41. The number of rotatable bonds is 3. The van der Waals surface area contributed by atoms with Crippen LogP contribution in [-0.4, -0.2) is 90.8 Å². The lowest BCUT2D eigenvalue weighted by molar-refractivity contribution is -0.137. The molecule has 118 valence electrons. The van der Waals surface area contributed by atoms with Crippen LogP contribution in [0, 0.1) is 0 Å². The molecule has 0 atom stereocenters. The van der Waals surface area contributed by atoms with Crippen molar-refractivity contribution in [3.05, 3.63) is 11.8 Å². The van der Waals surface area contributed by atoms with Gasteiger partial charge in [-0.3, -0.25) is 14.7 Å². The summed E-state index contributed by atoms with van der Waals surface area (Å²) in [5.74, 6) is -0.233. The van der Waals surface area contributed by atoms with Gasteiger partial charge in [-0.05, 0) is 13.8 Å². The maximum atomic E-state index is 11.6. The van der Waals surface area contributed by atoms with Crippen LogP contribution in [0.1, 0.15) is 13.8 Å². The molecule has 0 bridgehead atoms. The molecular weight excluding hydrogens is 268 g/mol. The maximum Gasteiger partial charge on any atom is 0.332 e. The molecule has 3 saturated heterocycles. The molecule has 3 heterocycles. The molecule has 0 aromatic rings. The van der Waals surface area contributed by atoms with E-state index >= 15 is 0 Å². The quantitative estimate of drug-likeness (QED) is 0.538. The average molecular weight is 294 g/mol. The minimum absolute atomic E-state index is 0.233. The number of ether oxygens (including phenoxy) is 1. The Labute approximate surface area is 126 Å². The van der Waals surface area contributed by atoms with Crippen molar-refractivity contribution < 1.29 is 9.53 Å². The van der Waals surface area contributed by atoms with E-state index in [4.69, 9.17) is 4.74 Å². The summed E-state index contributed by atoms with van der Waals surface area (Å²) < 4.78 is 5.01. The largest absolute Gasteiger partial charge is 0.463 e. The molecule has 0 unspecified atom stereocenters. The summed E-state index contributed by atoms with van der Waals surface area (Å²) in [6.45, 7) is 13.1. The Kier molecular flexibility index (Phi) is 4.47. The third-order valence-electron chi connectivity index (χ3n) is 4.76. The van der Waals surface area contributed by atoms with Crippen LogP contribution in [0.3, 0.4) is 0 Å². The lowest BCUT2D eigenvalue weighted by Gasteiger charge is -2.38. The molecule has 3 aliphatic heterocycles. The van der Waals surface area contributed by atoms with Crippen LogP contribution < -0.4 is 0 Å². The van der Waals surface area contributed by atoms with Gasteiger partial charge in [-0.1, -0.05) is 0 Å². The van der Waals surface area contributed by atoms with E-state index in [1.165, 1.54) is 13.1 Å². The van der Waals surface area contributed by atoms with Crippen LogP contribution in [0.25, 0.3) is 0 Å². The minimum Gasteiger partial charge on any atom is -0.463 e. The summed E-state index contributed by atoms with van der Waals surface area (Å²) >= 11 is 0. The Balaban J connectivity index is 1.65. The fourth-order valence-electron chi connectivity index (χ4n) is 3.64. The van der Waals surface area contributed by atoms with Gasteiger partial charge in [0.15, 0.2) is 0 Å². The summed E-state index contributed by atoms with van der Waals surface area (Å²) in [5, 5.41) is 0. The zero-order valence-electron chi connectivity index (χ0n) is 13.1. The highest BCUT2D eigenvalue weighted by Crippen LogP contribution is 2.25. The van der Waals surface area contributed by atoms with Gasteiger partial charge in [0, 0.05) is 64.1 Å². The van der Waals surface area contributed by atoms with Crippen molar-refractivity contribution >= 4 is 5.97 Å². The van der Waals surface area contributed by atoms with E-state index in [-0.39, 0.29) is 5.97 Å². The second-order valence-corrected chi connectivity index (χ2v) is 5.98. The molecule has 21 heavy (non-hydrogen) atoms. The number of hydrogen-bond acceptors (Lipinski definition) is 6. The number of esters is 1. The smallest absolute Gasteiger partial charge is 0.332 e. The lowest BCUT2D eigenvalue weighted by atomic mass is 10.3. The SMILES string of the molecule is CCOC(=O)C=C(C)N1CCN2CCN3CCN(CC1)C23. The van der Waals surface area contributed by atoms with Gasteiger partial charge in [0.05, 0.1) is 6.61 Å². The zero-order chi connectivity index (χ0) is 14.8. The van der Waals surface area contributed by atoms with Crippen molar-refractivity contribution in [3.63, 3.8) is 0 Å². The first-order valence-corrected chi connectivity index (χ1v) is 8.01. The number of nitrogens with zero attached hydrogens (tertiary/aromatic N) is 4. The van der Waals surface area contributed by atoms with Crippen LogP contribution in [0.15, 0.2) is 11.8 Å². The molecular formula is C15H26N4O2. The fraction of sp³-hybridized carbons (Fsp3) is 0.800. The van der Waals surface area contributed by atoms with E-state index in [9.17, 15) is 4.79 Å². The van der Waals surface area contributed by atoms with Crippen LogP contribution in [0.4, 0.5) is 0 Å². The zero-order valence-corrected chi connectivity index (χ0v) is 13.1. The first-order chi connectivity index (χ1) is 10.2. The second-order valence-electron chi connectivity index (χ2n) is 5.98. The van der Waals surface area contributed by atoms with Crippen molar-refractivity contribution in [2.75, 3.05) is 59.0 Å². The predicted molar refractivity (Wildman–Crippen MR) is 80.5 cm³/mol. The fourth-order valence-corrected chi connectivity index (χ4v) is 3.64. The van der Waals surface area contributed by atoms with E-state index in [1.807, 2.05) is 13.8 Å². The Morgan fingerprint density at radius 2 is 1.48 bits per heavy atom. The van der Waals surface area contributed by atoms with Crippen molar-refractivity contribution in [1.29, 1.82) is 0 Å². The van der Waals surface area contributed by atoms with Crippen molar-refractivity contribution in [2.24, 2.45) is 0 Å². The van der Waals surface area contributed by atoms with Crippen LogP contribution in [0.2, 0.25) is 0 Å². The number of carbonyl (C=O) groups excluding carboxylic acids is 1. The van der Waals surface area contributed by atoms with Crippen LogP contribution in [0.5, 0.6) is 0 Å². The monoisotopic (exact) mass is 294 g/mol. The minimum atomic E-state index is -0.233. The van der Waals surface area contributed by atoms with Crippen molar-refractivity contribution in [2.45, 2.75) is 20.1 Å². The highest BCUT2D eigenvalue weighted by molar-refractivity contribution is 5.82. The third-order valence-corrected chi connectivity index (χ3v) is 4.76. The van der Waals surface area contributed by atoms with Gasteiger partial charge in [0.25, 0.3) is 0 Å². The average Bonchev–Trinajstić information content (AvgIpc) is 2.97.